The number of hydrogen-bond donors (Lipinski definition) is 2. The van der Waals surface area contributed by atoms with Crippen LogP contribution >= 0.6 is 0 Å². The largest absolute Gasteiger partial charge is 0.330 e. The van der Waals surface area contributed by atoms with Crippen molar-refractivity contribution in [1.82, 2.24) is 9.03 Å². The first-order valence-corrected chi connectivity index (χ1v) is 7.36. The highest BCUT2D eigenvalue weighted by Gasteiger charge is 2.15. The average Bonchev–Trinajstić information content (AvgIpc) is 2.35. The molecular formula is C12H21N3O2S. The second kappa shape index (κ2) is 6.84. The maximum atomic E-state index is 11.9. The van der Waals surface area contributed by atoms with E-state index < -0.39 is 10.2 Å². The van der Waals surface area contributed by atoms with Gasteiger partial charge in [-0.3, -0.25) is 0 Å². The molecule has 0 aliphatic carbocycles. The fraction of sp³-hybridized carbons (Fsp3) is 0.500. The zero-order valence-electron chi connectivity index (χ0n) is 10.9. The Morgan fingerprint density at radius 3 is 2.44 bits per heavy atom. The lowest BCUT2D eigenvalue weighted by atomic mass is 10.2. The molecule has 0 radical (unpaired) electrons. The summed E-state index contributed by atoms with van der Waals surface area (Å²) in [5.41, 5.74) is 7.45. The standard InChI is InChI=1S/C12H21N3O2S/c1-11-4-6-12(7-5-11)10-14-18(16,17)15(2)9-3-8-13/h4-7,14H,3,8-10,13H2,1-2H3. The van der Waals surface area contributed by atoms with Crippen LogP contribution in [0.1, 0.15) is 17.5 Å². The molecule has 0 aliphatic rings. The van der Waals surface area contributed by atoms with Crippen molar-refractivity contribution in [3.05, 3.63) is 35.4 Å². The summed E-state index contributed by atoms with van der Waals surface area (Å²) < 4.78 is 27.5. The summed E-state index contributed by atoms with van der Waals surface area (Å²) in [6, 6.07) is 7.75. The molecule has 0 unspecified atom stereocenters. The lowest BCUT2D eigenvalue weighted by Gasteiger charge is -2.17. The molecule has 0 spiro atoms. The Hall–Kier alpha value is -0.950. The Balaban J connectivity index is 2.53. The van der Waals surface area contributed by atoms with Gasteiger partial charge < -0.3 is 5.73 Å². The van der Waals surface area contributed by atoms with Gasteiger partial charge in [-0.25, -0.2) is 0 Å². The third kappa shape index (κ3) is 4.73. The molecule has 0 atom stereocenters. The van der Waals surface area contributed by atoms with Crippen molar-refractivity contribution in [2.45, 2.75) is 19.9 Å². The summed E-state index contributed by atoms with van der Waals surface area (Å²) in [4.78, 5) is 0. The van der Waals surface area contributed by atoms with Crippen molar-refractivity contribution in [3.63, 3.8) is 0 Å². The van der Waals surface area contributed by atoms with Gasteiger partial charge in [0, 0.05) is 20.1 Å². The molecule has 0 amide bonds. The van der Waals surface area contributed by atoms with Crippen LogP contribution in [0, 0.1) is 6.92 Å². The lowest BCUT2D eigenvalue weighted by molar-refractivity contribution is 0.452. The first-order valence-electron chi connectivity index (χ1n) is 5.92. The smallest absolute Gasteiger partial charge is 0.279 e. The van der Waals surface area contributed by atoms with Gasteiger partial charge in [-0.05, 0) is 25.5 Å². The molecule has 0 saturated carbocycles. The third-order valence-corrected chi connectivity index (χ3v) is 4.18. The van der Waals surface area contributed by atoms with Crippen molar-refractivity contribution in [1.29, 1.82) is 0 Å². The number of benzene rings is 1. The van der Waals surface area contributed by atoms with Crippen LogP contribution in [0.3, 0.4) is 0 Å². The quantitative estimate of drug-likeness (QED) is 0.763. The third-order valence-electron chi connectivity index (χ3n) is 2.67. The van der Waals surface area contributed by atoms with Crippen LogP contribution in [0.5, 0.6) is 0 Å². The average molecular weight is 271 g/mol. The van der Waals surface area contributed by atoms with Gasteiger partial charge in [0.1, 0.15) is 0 Å². The van der Waals surface area contributed by atoms with E-state index in [2.05, 4.69) is 4.72 Å². The van der Waals surface area contributed by atoms with E-state index in [1.54, 1.807) is 7.05 Å². The number of nitrogens with zero attached hydrogens (tertiary/aromatic N) is 1. The summed E-state index contributed by atoms with van der Waals surface area (Å²) in [6.07, 6.45) is 0.655. The van der Waals surface area contributed by atoms with Gasteiger partial charge in [0.2, 0.25) is 0 Å². The molecule has 0 bridgehead atoms. The number of nitrogens with two attached hydrogens (primary N) is 1. The van der Waals surface area contributed by atoms with Gasteiger partial charge in [-0.2, -0.15) is 17.4 Å². The molecule has 6 heteroatoms. The van der Waals surface area contributed by atoms with Crippen molar-refractivity contribution in [2.24, 2.45) is 5.73 Å². The molecular weight excluding hydrogens is 250 g/mol. The summed E-state index contributed by atoms with van der Waals surface area (Å²) in [6.45, 7) is 3.21. The second-order valence-electron chi connectivity index (χ2n) is 4.28. The van der Waals surface area contributed by atoms with Gasteiger partial charge in [-0.1, -0.05) is 29.8 Å². The molecule has 0 fully saturated rings. The molecule has 1 aromatic carbocycles. The van der Waals surface area contributed by atoms with Crippen LogP contribution in [-0.2, 0) is 16.8 Å². The van der Waals surface area contributed by atoms with Crippen LogP contribution in [0.25, 0.3) is 0 Å². The van der Waals surface area contributed by atoms with Gasteiger partial charge in [-0.15, -0.1) is 0 Å². The van der Waals surface area contributed by atoms with Gasteiger partial charge in [0.25, 0.3) is 10.2 Å². The Morgan fingerprint density at radius 2 is 1.89 bits per heavy atom. The molecule has 0 aromatic heterocycles. The van der Waals surface area contributed by atoms with Gasteiger partial charge in [0.15, 0.2) is 0 Å². The minimum Gasteiger partial charge on any atom is -0.330 e. The summed E-state index contributed by atoms with van der Waals surface area (Å²) in [7, 11) is -1.86. The number of rotatable bonds is 7. The van der Waals surface area contributed by atoms with Gasteiger partial charge >= 0.3 is 0 Å². The van der Waals surface area contributed by atoms with E-state index in [0.717, 1.165) is 11.1 Å². The van der Waals surface area contributed by atoms with Crippen LogP contribution in [0.4, 0.5) is 0 Å². The minimum absolute atomic E-state index is 0.301. The van der Waals surface area contributed by atoms with E-state index in [4.69, 9.17) is 5.73 Å². The zero-order chi connectivity index (χ0) is 13.6. The Morgan fingerprint density at radius 1 is 1.28 bits per heavy atom. The number of aryl methyl sites for hydroxylation is 1. The van der Waals surface area contributed by atoms with E-state index in [0.29, 0.717) is 26.1 Å². The molecule has 18 heavy (non-hydrogen) atoms. The molecule has 0 aliphatic heterocycles. The van der Waals surface area contributed by atoms with Crippen LogP contribution in [0.15, 0.2) is 24.3 Å². The predicted octanol–water partition coefficient (Wildman–Crippen LogP) is 0.610. The first kappa shape index (κ1) is 15.1. The Labute approximate surface area is 109 Å². The van der Waals surface area contributed by atoms with Gasteiger partial charge in [0.05, 0.1) is 0 Å². The molecule has 0 saturated heterocycles. The summed E-state index contributed by atoms with van der Waals surface area (Å²) in [5.74, 6) is 0. The molecule has 3 N–H and O–H groups in total. The second-order valence-corrected chi connectivity index (χ2v) is 6.14. The zero-order valence-corrected chi connectivity index (χ0v) is 11.7. The number of hydrogen-bond acceptors (Lipinski definition) is 3. The first-order chi connectivity index (χ1) is 8.45. The summed E-state index contributed by atoms with van der Waals surface area (Å²) >= 11 is 0. The number of nitrogens with one attached hydrogen (secondary N) is 1. The predicted molar refractivity (Wildman–Crippen MR) is 73.2 cm³/mol. The fourth-order valence-corrected chi connectivity index (χ4v) is 2.36. The SMILES string of the molecule is Cc1ccc(CNS(=O)(=O)N(C)CCCN)cc1. The fourth-order valence-electron chi connectivity index (χ4n) is 1.42. The van der Waals surface area contributed by atoms with Crippen molar-refractivity contribution in [2.75, 3.05) is 20.1 Å². The van der Waals surface area contributed by atoms with Crippen LogP contribution < -0.4 is 10.5 Å². The maximum Gasteiger partial charge on any atom is 0.279 e. The van der Waals surface area contributed by atoms with E-state index in [-0.39, 0.29) is 0 Å². The van der Waals surface area contributed by atoms with E-state index in [1.165, 1.54) is 4.31 Å². The van der Waals surface area contributed by atoms with Crippen molar-refractivity contribution in [3.8, 4) is 0 Å². The minimum atomic E-state index is -3.41. The van der Waals surface area contributed by atoms with Crippen LogP contribution in [-0.4, -0.2) is 32.9 Å². The molecule has 102 valence electrons. The van der Waals surface area contributed by atoms with Crippen LogP contribution in [0.2, 0.25) is 0 Å². The van der Waals surface area contributed by atoms with E-state index in [1.807, 2.05) is 31.2 Å². The highest BCUT2D eigenvalue weighted by atomic mass is 32.2. The molecule has 1 aromatic rings. The van der Waals surface area contributed by atoms with Crippen molar-refractivity contribution >= 4 is 10.2 Å². The van der Waals surface area contributed by atoms with E-state index in [9.17, 15) is 8.42 Å². The summed E-state index contributed by atoms with van der Waals surface area (Å²) in [5, 5.41) is 0. The normalized spacial score (nSPS) is 12.0. The Bertz CT molecular complexity index is 457. The molecule has 5 nitrogen and oxygen atoms in total. The topological polar surface area (TPSA) is 75.4 Å². The monoisotopic (exact) mass is 271 g/mol. The Kier molecular flexibility index (Phi) is 5.74. The highest BCUT2D eigenvalue weighted by molar-refractivity contribution is 7.87. The van der Waals surface area contributed by atoms with E-state index >= 15 is 0 Å². The maximum absolute atomic E-state index is 11.9. The molecule has 1 rings (SSSR count). The van der Waals surface area contributed by atoms with Crippen molar-refractivity contribution < 1.29 is 8.42 Å². The molecule has 0 heterocycles. The lowest BCUT2D eigenvalue weighted by Crippen LogP contribution is -2.38. The highest BCUT2D eigenvalue weighted by Crippen LogP contribution is 2.04.